The standard InChI is InChI=1S/C18H28N2O5/c1-12(15(21)13(2)20-17(23)25-18(3,4)5)19-16(22)24-11-14-9-7-6-8-10-14/h6-10,12-13,15,21H,11H2,1-5H3,(H,19,22)(H,20,23)/t12-,13+,15+/m0/s1. The van der Waals surface area contributed by atoms with Gasteiger partial charge in [-0.05, 0) is 40.2 Å². The van der Waals surface area contributed by atoms with Gasteiger partial charge in [-0.15, -0.1) is 0 Å². The van der Waals surface area contributed by atoms with Crippen molar-refractivity contribution in [2.24, 2.45) is 0 Å². The Bertz CT molecular complexity index is 556. The van der Waals surface area contributed by atoms with Crippen LogP contribution >= 0.6 is 0 Å². The molecule has 0 aromatic heterocycles. The zero-order valence-electron chi connectivity index (χ0n) is 15.4. The molecule has 1 aromatic carbocycles. The highest BCUT2D eigenvalue weighted by atomic mass is 16.6. The zero-order chi connectivity index (χ0) is 19.0. The van der Waals surface area contributed by atoms with Gasteiger partial charge in [0, 0.05) is 0 Å². The summed E-state index contributed by atoms with van der Waals surface area (Å²) in [7, 11) is 0. The number of alkyl carbamates (subject to hydrolysis) is 2. The first-order valence-electron chi connectivity index (χ1n) is 8.23. The highest BCUT2D eigenvalue weighted by Crippen LogP contribution is 2.08. The van der Waals surface area contributed by atoms with Crippen molar-refractivity contribution < 1.29 is 24.2 Å². The summed E-state index contributed by atoms with van der Waals surface area (Å²) in [6.07, 6.45) is -2.27. The van der Waals surface area contributed by atoms with Gasteiger partial charge in [0.25, 0.3) is 0 Å². The minimum Gasteiger partial charge on any atom is -0.445 e. The molecule has 0 aliphatic heterocycles. The van der Waals surface area contributed by atoms with Crippen LogP contribution in [0.2, 0.25) is 0 Å². The Hall–Kier alpha value is -2.28. The number of rotatable bonds is 6. The van der Waals surface area contributed by atoms with E-state index < -0.39 is 36.0 Å². The molecule has 0 saturated carbocycles. The van der Waals surface area contributed by atoms with E-state index in [1.54, 1.807) is 34.6 Å². The molecule has 0 saturated heterocycles. The van der Waals surface area contributed by atoms with Crippen LogP contribution < -0.4 is 10.6 Å². The highest BCUT2D eigenvalue weighted by molar-refractivity contribution is 5.68. The van der Waals surface area contributed by atoms with E-state index in [1.165, 1.54) is 0 Å². The Kier molecular flexibility index (Phi) is 7.70. The van der Waals surface area contributed by atoms with Gasteiger partial charge in [0.05, 0.1) is 18.2 Å². The number of ether oxygens (including phenoxy) is 2. The molecule has 3 atom stereocenters. The third-order valence-electron chi connectivity index (χ3n) is 3.33. The van der Waals surface area contributed by atoms with Crippen molar-refractivity contribution in [3.05, 3.63) is 35.9 Å². The summed E-state index contributed by atoms with van der Waals surface area (Å²) < 4.78 is 10.2. The van der Waals surface area contributed by atoms with Crippen molar-refractivity contribution in [3.8, 4) is 0 Å². The number of benzene rings is 1. The maximum atomic E-state index is 11.8. The molecule has 2 amide bonds. The molecule has 0 unspecified atom stereocenters. The number of carbonyl (C=O) groups is 2. The topological polar surface area (TPSA) is 96.9 Å². The van der Waals surface area contributed by atoms with Crippen molar-refractivity contribution in [2.45, 2.75) is 65.0 Å². The van der Waals surface area contributed by atoms with Crippen LogP contribution in [0.3, 0.4) is 0 Å². The zero-order valence-corrected chi connectivity index (χ0v) is 15.4. The fraction of sp³-hybridized carbons (Fsp3) is 0.556. The number of carbonyl (C=O) groups excluding carboxylic acids is 2. The van der Waals surface area contributed by atoms with E-state index in [1.807, 2.05) is 30.3 Å². The average Bonchev–Trinajstić information content (AvgIpc) is 2.51. The van der Waals surface area contributed by atoms with Gasteiger partial charge in [-0.1, -0.05) is 30.3 Å². The van der Waals surface area contributed by atoms with Gasteiger partial charge in [-0.25, -0.2) is 9.59 Å². The van der Waals surface area contributed by atoms with Crippen LogP contribution in [0.5, 0.6) is 0 Å². The normalized spacial score (nSPS) is 14.8. The van der Waals surface area contributed by atoms with Gasteiger partial charge in [-0.2, -0.15) is 0 Å². The Balaban J connectivity index is 2.40. The largest absolute Gasteiger partial charge is 0.445 e. The van der Waals surface area contributed by atoms with Crippen LogP contribution in [0.25, 0.3) is 0 Å². The summed E-state index contributed by atoms with van der Waals surface area (Å²) in [5, 5.41) is 15.3. The fourth-order valence-electron chi connectivity index (χ4n) is 2.05. The molecule has 7 heteroatoms. The monoisotopic (exact) mass is 352 g/mol. The predicted octanol–water partition coefficient (Wildman–Crippen LogP) is 2.58. The van der Waals surface area contributed by atoms with Gasteiger partial charge < -0.3 is 25.2 Å². The minimum atomic E-state index is -1.00. The Labute approximate surface area is 148 Å². The first kappa shape index (κ1) is 20.8. The van der Waals surface area contributed by atoms with E-state index in [2.05, 4.69) is 10.6 Å². The van der Waals surface area contributed by atoms with Crippen molar-refractivity contribution in [2.75, 3.05) is 0 Å². The lowest BCUT2D eigenvalue weighted by molar-refractivity contribution is 0.0397. The van der Waals surface area contributed by atoms with Crippen LogP contribution in [0.4, 0.5) is 9.59 Å². The summed E-state index contributed by atoms with van der Waals surface area (Å²) in [4.78, 5) is 23.5. The lowest BCUT2D eigenvalue weighted by atomic mass is 10.1. The molecule has 3 N–H and O–H groups in total. The molecule has 0 aliphatic carbocycles. The number of hydrogen-bond acceptors (Lipinski definition) is 5. The number of aliphatic hydroxyl groups excluding tert-OH is 1. The first-order valence-corrected chi connectivity index (χ1v) is 8.23. The number of hydrogen-bond donors (Lipinski definition) is 3. The fourth-order valence-corrected chi connectivity index (χ4v) is 2.05. The third kappa shape index (κ3) is 8.39. The van der Waals surface area contributed by atoms with Crippen molar-refractivity contribution >= 4 is 12.2 Å². The van der Waals surface area contributed by atoms with Gasteiger partial charge >= 0.3 is 12.2 Å². The molecule has 1 aromatic rings. The lowest BCUT2D eigenvalue weighted by Crippen LogP contribution is -2.52. The van der Waals surface area contributed by atoms with Crippen LogP contribution in [0.15, 0.2) is 30.3 Å². The van der Waals surface area contributed by atoms with E-state index in [0.717, 1.165) is 5.56 Å². The summed E-state index contributed by atoms with van der Waals surface area (Å²) >= 11 is 0. The van der Waals surface area contributed by atoms with Gasteiger partial charge in [0.15, 0.2) is 0 Å². The van der Waals surface area contributed by atoms with E-state index in [4.69, 9.17) is 9.47 Å². The second-order valence-electron chi connectivity index (χ2n) is 6.92. The van der Waals surface area contributed by atoms with E-state index in [0.29, 0.717) is 0 Å². The second kappa shape index (κ2) is 9.27. The molecular weight excluding hydrogens is 324 g/mol. The Morgan fingerprint density at radius 3 is 2.08 bits per heavy atom. The molecule has 0 fully saturated rings. The molecule has 0 radical (unpaired) electrons. The molecule has 25 heavy (non-hydrogen) atoms. The van der Waals surface area contributed by atoms with Gasteiger partial charge in [-0.3, -0.25) is 0 Å². The summed E-state index contributed by atoms with van der Waals surface area (Å²) in [6, 6.07) is 8.05. The second-order valence-corrected chi connectivity index (χ2v) is 6.92. The highest BCUT2D eigenvalue weighted by Gasteiger charge is 2.26. The smallest absolute Gasteiger partial charge is 0.407 e. The van der Waals surface area contributed by atoms with Crippen molar-refractivity contribution in [1.29, 1.82) is 0 Å². The number of nitrogens with one attached hydrogen (secondary N) is 2. The molecule has 7 nitrogen and oxygen atoms in total. The van der Waals surface area contributed by atoms with E-state index in [-0.39, 0.29) is 6.61 Å². The van der Waals surface area contributed by atoms with Crippen molar-refractivity contribution in [3.63, 3.8) is 0 Å². The van der Waals surface area contributed by atoms with E-state index in [9.17, 15) is 14.7 Å². The van der Waals surface area contributed by atoms with Crippen LogP contribution in [-0.4, -0.2) is 41.1 Å². The molecule has 0 bridgehead atoms. The molecule has 140 valence electrons. The maximum Gasteiger partial charge on any atom is 0.407 e. The van der Waals surface area contributed by atoms with Gasteiger partial charge in [0.2, 0.25) is 0 Å². The van der Waals surface area contributed by atoms with E-state index >= 15 is 0 Å². The predicted molar refractivity (Wildman–Crippen MR) is 94.1 cm³/mol. The Morgan fingerprint density at radius 2 is 1.56 bits per heavy atom. The molecule has 0 aliphatic rings. The van der Waals surface area contributed by atoms with Crippen LogP contribution in [0.1, 0.15) is 40.2 Å². The average molecular weight is 352 g/mol. The molecule has 0 spiro atoms. The van der Waals surface area contributed by atoms with Crippen molar-refractivity contribution in [1.82, 2.24) is 10.6 Å². The molecular formula is C18H28N2O5. The quantitative estimate of drug-likeness (QED) is 0.731. The SMILES string of the molecule is C[C@H](NC(=O)OCc1ccccc1)[C@@H](O)[C@@H](C)NC(=O)OC(C)(C)C. The lowest BCUT2D eigenvalue weighted by Gasteiger charge is -2.27. The Morgan fingerprint density at radius 1 is 1.04 bits per heavy atom. The van der Waals surface area contributed by atoms with Gasteiger partial charge in [0.1, 0.15) is 12.2 Å². The molecule has 1 rings (SSSR count). The summed E-state index contributed by atoms with van der Waals surface area (Å²) in [5.41, 5.74) is 0.241. The summed E-state index contributed by atoms with van der Waals surface area (Å²) in [6.45, 7) is 8.65. The third-order valence-corrected chi connectivity index (χ3v) is 3.33. The minimum absolute atomic E-state index is 0.140. The number of aliphatic hydroxyl groups is 1. The number of amides is 2. The van der Waals surface area contributed by atoms with Crippen LogP contribution in [0, 0.1) is 0 Å². The first-order chi connectivity index (χ1) is 11.6. The van der Waals surface area contributed by atoms with Crippen LogP contribution in [-0.2, 0) is 16.1 Å². The summed E-state index contributed by atoms with van der Waals surface area (Å²) in [5.74, 6) is 0. The maximum absolute atomic E-state index is 11.8. The molecule has 0 heterocycles.